The molecule has 20 N–H and O–H groups in total. The Labute approximate surface area is 383 Å². The summed E-state index contributed by atoms with van der Waals surface area (Å²) < 4.78 is 36.5. The lowest BCUT2D eigenvalue weighted by Crippen LogP contribution is -2.68. The van der Waals surface area contributed by atoms with Gasteiger partial charge in [0.2, 0.25) is 0 Å². The van der Waals surface area contributed by atoms with Crippen molar-refractivity contribution in [2.24, 2.45) is 34.4 Å². The average Bonchev–Trinajstić information content (AvgIpc) is 3.59. The van der Waals surface area contributed by atoms with Crippen LogP contribution in [-0.2, 0) is 35.0 Å². The number of hydrogen-bond donors (Lipinski definition) is 14. The lowest BCUT2D eigenvalue weighted by molar-refractivity contribution is -0.306. The zero-order chi connectivity index (χ0) is 46.9. The second kappa shape index (κ2) is 21.6. The molecule has 7 rings (SSSR count). The van der Waals surface area contributed by atoms with E-state index in [1.165, 1.54) is 11.8 Å². The van der Waals surface area contributed by atoms with Gasteiger partial charge in [0, 0.05) is 72.0 Å². The van der Waals surface area contributed by atoms with Crippen molar-refractivity contribution in [1.82, 2.24) is 10.6 Å². The summed E-state index contributed by atoms with van der Waals surface area (Å²) in [5.41, 5.74) is 38.9. The molecule has 2 aliphatic carbocycles. The van der Waals surface area contributed by atoms with Gasteiger partial charge < -0.3 is 104 Å². The topological polar surface area (TPSA) is 391 Å². The third kappa shape index (κ3) is 10.6. The number of carbonyl (C=O) groups is 2. The van der Waals surface area contributed by atoms with Crippen LogP contribution >= 0.6 is 24.0 Å². The summed E-state index contributed by atoms with van der Waals surface area (Å²) in [6.07, 6.45) is -19.6. The molecule has 1 saturated carbocycles. The summed E-state index contributed by atoms with van der Waals surface area (Å²) in [5.74, 6) is 0.241. The van der Waals surface area contributed by atoms with Gasteiger partial charge >= 0.3 is 0 Å². The van der Waals surface area contributed by atoms with Crippen molar-refractivity contribution in [3.8, 4) is 0 Å². The summed E-state index contributed by atoms with van der Waals surface area (Å²) in [6, 6.07) is 7.54. The largest absolute Gasteiger partial charge is 0.389 e. The van der Waals surface area contributed by atoms with Crippen LogP contribution in [-0.4, -0.2) is 195 Å². The predicted molar refractivity (Wildman–Crippen MR) is 236 cm³/mol. The molecule has 65 heavy (non-hydrogen) atoms. The van der Waals surface area contributed by atoms with E-state index < -0.39 is 116 Å². The first-order valence-corrected chi connectivity index (χ1v) is 22.9. The second-order valence-corrected chi connectivity index (χ2v) is 18.4. The second-order valence-electron chi connectivity index (χ2n) is 16.8. The molecule has 0 bridgehead atoms. The Morgan fingerprint density at radius 3 is 1.78 bits per heavy atom. The van der Waals surface area contributed by atoms with Crippen LogP contribution in [0, 0.1) is 0 Å². The molecule has 19 atom stereocenters. The van der Waals surface area contributed by atoms with Crippen molar-refractivity contribution >= 4 is 40.7 Å². The van der Waals surface area contributed by atoms with Crippen LogP contribution in [0.1, 0.15) is 43.8 Å². The number of ketones is 2. The molecule has 0 radical (unpaired) electrons. The van der Waals surface area contributed by atoms with Crippen LogP contribution in [0.2, 0.25) is 0 Å². The first-order chi connectivity index (χ1) is 31.0. The minimum atomic E-state index is -1.58. The molecular formula is C41H60N8O14S2. The van der Waals surface area contributed by atoms with Crippen LogP contribution in [0.3, 0.4) is 0 Å². The highest BCUT2D eigenvalue weighted by Gasteiger charge is 2.54. The molecule has 22 nitrogen and oxygen atoms in total. The first-order valence-electron chi connectivity index (χ1n) is 21.4. The highest BCUT2D eigenvalue weighted by molar-refractivity contribution is 7.99. The SMILES string of the molecule is NCC1O[C@H](O[C@H]2[C@@H](O)[C@H](O[C@@H]3[C@@H](O)[C@H](N)C[C@H](N)[C@H]3O[C@H]3O[C@H](CN)[C@@H](O)[C@H](O)[C@H]3N)O[C@@H]2CSCCNC(=S)NCc2ccc3c(c2)C(=O)c2ccccc2C3=O)[C@H](N)[C@@H](O)[C@@H]1O. The Morgan fingerprint density at radius 2 is 1.18 bits per heavy atom. The van der Waals surface area contributed by atoms with Crippen LogP contribution < -0.4 is 45.0 Å². The van der Waals surface area contributed by atoms with E-state index in [9.17, 15) is 40.2 Å². The fourth-order valence-corrected chi connectivity index (χ4v) is 9.76. The number of fused-ring (bicyclic) bond motifs is 2. The highest BCUT2D eigenvalue weighted by Crippen LogP contribution is 2.36. The molecule has 0 aromatic heterocycles. The number of aliphatic hydroxyl groups is 6. The Balaban J connectivity index is 0.981. The summed E-state index contributed by atoms with van der Waals surface area (Å²) >= 11 is 6.89. The number of rotatable bonds is 15. The minimum absolute atomic E-state index is 0.0747. The zero-order valence-corrected chi connectivity index (χ0v) is 36.8. The van der Waals surface area contributed by atoms with Gasteiger partial charge in [0.25, 0.3) is 0 Å². The van der Waals surface area contributed by atoms with E-state index in [0.717, 1.165) is 5.56 Å². The van der Waals surface area contributed by atoms with E-state index in [1.807, 2.05) is 0 Å². The molecule has 4 fully saturated rings. The maximum atomic E-state index is 13.2. The number of nitrogens with two attached hydrogens (primary N) is 6. The van der Waals surface area contributed by atoms with E-state index in [-0.39, 0.29) is 43.4 Å². The standard InChI is InChI=1S/C41H60N8O14S2/c42-11-22-30(53)32(55)25(46)38(58-22)61-35-21(45)10-20(44)29(52)37(35)63-40-34(57)36(62-39-26(47)33(56)31(54)23(12-43)59-39)24(60-40)14-65-8-7-48-41(64)49-13-15-5-6-18-19(9-15)28(51)17-4-2-1-3-16(17)27(18)50/h1-6,9,20-26,29-40,52-57H,7-8,10-14,42-47H2,(H2,48,49,64)/t20-,21+,22-,23?,24-,25-,26-,29+,30-,31-,32-,33-,34-,35-,36-,37-,38-,39-,40+/m1/s1. The Morgan fingerprint density at radius 1 is 0.646 bits per heavy atom. The quantitative estimate of drug-likeness (QED) is 0.0499. The summed E-state index contributed by atoms with van der Waals surface area (Å²) in [4.78, 5) is 26.2. The first kappa shape index (κ1) is 50.0. The molecule has 0 amide bonds. The number of carbonyl (C=O) groups excluding carboxylic acids is 2. The Kier molecular flexibility index (Phi) is 16.6. The van der Waals surface area contributed by atoms with Crippen molar-refractivity contribution in [3.05, 3.63) is 70.3 Å². The van der Waals surface area contributed by atoms with Crippen LogP contribution in [0.15, 0.2) is 42.5 Å². The van der Waals surface area contributed by atoms with Crippen molar-refractivity contribution < 1.29 is 68.6 Å². The third-order valence-electron chi connectivity index (χ3n) is 12.4. The van der Waals surface area contributed by atoms with Crippen molar-refractivity contribution in [2.75, 3.05) is 31.1 Å². The molecule has 2 aromatic rings. The molecule has 3 saturated heterocycles. The molecular weight excluding hydrogens is 893 g/mol. The van der Waals surface area contributed by atoms with E-state index >= 15 is 0 Å². The van der Waals surface area contributed by atoms with Crippen molar-refractivity contribution in [2.45, 2.75) is 129 Å². The predicted octanol–water partition coefficient (Wildman–Crippen LogP) is -5.71. The average molecular weight is 953 g/mol. The number of thioether (sulfide) groups is 1. The number of ether oxygens (including phenoxy) is 6. The van der Waals surface area contributed by atoms with Gasteiger partial charge in [-0.05, 0) is 36.3 Å². The number of thiocarbonyl (C=S) groups is 1. The zero-order valence-electron chi connectivity index (χ0n) is 35.2. The smallest absolute Gasteiger partial charge is 0.194 e. The van der Waals surface area contributed by atoms with Gasteiger partial charge in [0.05, 0.1) is 24.3 Å². The van der Waals surface area contributed by atoms with Gasteiger partial charge in [-0.1, -0.05) is 30.3 Å². The van der Waals surface area contributed by atoms with Crippen LogP contribution in [0.25, 0.3) is 0 Å². The molecule has 360 valence electrons. The normalized spacial score (nSPS) is 39.4. The number of hydrogen-bond acceptors (Lipinski definition) is 22. The van der Waals surface area contributed by atoms with E-state index in [0.29, 0.717) is 39.7 Å². The number of aliphatic hydroxyl groups excluding tert-OH is 6. The van der Waals surface area contributed by atoms with Gasteiger partial charge in [0.1, 0.15) is 61.0 Å². The summed E-state index contributed by atoms with van der Waals surface area (Å²) in [6.45, 7) is 0.316. The van der Waals surface area contributed by atoms with Crippen LogP contribution in [0.4, 0.5) is 0 Å². The van der Waals surface area contributed by atoms with Crippen molar-refractivity contribution in [3.63, 3.8) is 0 Å². The molecule has 5 aliphatic rings. The van der Waals surface area contributed by atoms with Gasteiger partial charge in [-0.15, -0.1) is 0 Å². The van der Waals surface area contributed by atoms with E-state index in [1.54, 1.807) is 42.5 Å². The molecule has 2 aromatic carbocycles. The summed E-state index contributed by atoms with van der Waals surface area (Å²) in [7, 11) is 0. The molecule has 0 spiro atoms. The van der Waals surface area contributed by atoms with Crippen molar-refractivity contribution in [1.29, 1.82) is 0 Å². The van der Waals surface area contributed by atoms with Gasteiger partial charge in [0.15, 0.2) is 35.5 Å². The number of nitrogens with one attached hydrogen (secondary N) is 2. The fraction of sp³-hybridized carbons (Fsp3) is 0.634. The number of benzene rings is 2. The molecule has 3 aliphatic heterocycles. The highest BCUT2D eigenvalue weighted by atomic mass is 32.2. The van der Waals surface area contributed by atoms with Gasteiger partial charge in [-0.25, -0.2) is 0 Å². The van der Waals surface area contributed by atoms with Gasteiger partial charge in [-0.3, -0.25) is 9.59 Å². The third-order valence-corrected chi connectivity index (χ3v) is 13.8. The lowest BCUT2D eigenvalue weighted by Gasteiger charge is -2.47. The van der Waals surface area contributed by atoms with E-state index in [4.69, 9.17) is 75.0 Å². The monoisotopic (exact) mass is 952 g/mol. The molecule has 24 heteroatoms. The lowest BCUT2D eigenvalue weighted by atomic mass is 9.83. The van der Waals surface area contributed by atoms with Gasteiger partial charge in [-0.2, -0.15) is 11.8 Å². The van der Waals surface area contributed by atoms with E-state index in [2.05, 4.69) is 10.6 Å². The molecule has 3 heterocycles. The molecule has 1 unspecified atom stereocenters. The minimum Gasteiger partial charge on any atom is -0.389 e. The fourth-order valence-electron chi connectivity index (χ4n) is 8.67. The Hall–Kier alpha value is -2.90. The van der Waals surface area contributed by atoms with Crippen LogP contribution in [0.5, 0.6) is 0 Å². The maximum absolute atomic E-state index is 13.2. The Bertz CT molecular complexity index is 2000. The summed E-state index contributed by atoms with van der Waals surface area (Å²) in [5, 5.41) is 71.8. The maximum Gasteiger partial charge on any atom is 0.194 e.